The van der Waals surface area contributed by atoms with Gasteiger partial charge in [-0.25, -0.2) is 4.79 Å². The van der Waals surface area contributed by atoms with Crippen molar-refractivity contribution in [2.75, 3.05) is 19.2 Å². The van der Waals surface area contributed by atoms with Gasteiger partial charge in [0.05, 0.1) is 18.1 Å². The molecule has 1 saturated carbocycles. The number of carbonyl (C=O) groups excluding carboxylic acids is 1. The number of anilines is 1. The summed E-state index contributed by atoms with van der Waals surface area (Å²) in [4.78, 5) is 25.5. The predicted molar refractivity (Wildman–Crippen MR) is 138 cm³/mol. The van der Waals surface area contributed by atoms with Crippen LogP contribution in [-0.4, -0.2) is 30.9 Å². The van der Waals surface area contributed by atoms with E-state index in [1.807, 2.05) is 56.3 Å². The predicted octanol–water partition coefficient (Wildman–Crippen LogP) is 5.97. The Balaban J connectivity index is 0.00000320. The Hall–Kier alpha value is -4.00. The van der Waals surface area contributed by atoms with Gasteiger partial charge in [0.15, 0.2) is 11.5 Å². The van der Waals surface area contributed by atoms with E-state index in [1.165, 1.54) is 7.11 Å². The van der Waals surface area contributed by atoms with Crippen molar-refractivity contribution in [2.45, 2.75) is 44.9 Å². The summed E-state index contributed by atoms with van der Waals surface area (Å²) in [5.41, 5.74) is 4.63. The third kappa shape index (κ3) is 4.15. The summed E-state index contributed by atoms with van der Waals surface area (Å²) in [6.07, 6.45) is 2.93. The molecule has 5 rings (SSSR count). The molecule has 3 aromatic rings. The molecule has 1 aliphatic carbocycles. The summed E-state index contributed by atoms with van der Waals surface area (Å²) in [5.74, 6) is 0.790. The Morgan fingerprint density at radius 2 is 1.83 bits per heavy atom. The molecule has 0 unspecified atom stereocenters. The van der Waals surface area contributed by atoms with Gasteiger partial charge in [-0.15, -0.1) is 0 Å². The van der Waals surface area contributed by atoms with E-state index in [1.54, 1.807) is 6.07 Å². The summed E-state index contributed by atoms with van der Waals surface area (Å²) < 4.78 is 16.3. The number of carboxylic acids is 1. The number of nitrogens with one attached hydrogen (secondary N) is 1. The van der Waals surface area contributed by atoms with Gasteiger partial charge >= 0.3 is 5.97 Å². The minimum absolute atomic E-state index is 0. The number of aryl methyl sites for hydroxylation is 1. The van der Waals surface area contributed by atoms with Crippen LogP contribution in [0, 0.1) is 6.92 Å². The van der Waals surface area contributed by atoms with Crippen LogP contribution in [0.5, 0.6) is 17.2 Å². The van der Waals surface area contributed by atoms with Gasteiger partial charge in [-0.2, -0.15) is 0 Å². The number of carboxylic acid groups (broad SMARTS) is 1. The molecule has 3 aromatic carbocycles. The first-order chi connectivity index (χ1) is 17.4. The zero-order valence-electron chi connectivity index (χ0n) is 20.6. The van der Waals surface area contributed by atoms with Gasteiger partial charge in [-0.1, -0.05) is 25.5 Å². The SMILES string of the molecule is CCCc1c(C(=O)O)cc(OC)cc1-c1cc(NC(=O)C2(c3ccc4c(c3)OCO4)CC2)ccc1C.[HH]. The zero-order valence-corrected chi connectivity index (χ0v) is 20.6. The smallest absolute Gasteiger partial charge is 0.336 e. The molecule has 2 aliphatic rings. The minimum atomic E-state index is -0.986. The normalized spacial score (nSPS) is 14.9. The molecule has 0 aromatic heterocycles. The van der Waals surface area contributed by atoms with E-state index < -0.39 is 11.4 Å². The lowest BCUT2D eigenvalue weighted by atomic mass is 9.89. The molecule has 2 N–H and O–H groups in total. The second kappa shape index (κ2) is 9.22. The Morgan fingerprint density at radius 3 is 2.53 bits per heavy atom. The summed E-state index contributed by atoms with van der Waals surface area (Å²) in [5, 5.41) is 13.0. The van der Waals surface area contributed by atoms with Crippen molar-refractivity contribution in [3.8, 4) is 28.4 Å². The maximum absolute atomic E-state index is 13.5. The van der Waals surface area contributed by atoms with E-state index >= 15 is 0 Å². The van der Waals surface area contributed by atoms with E-state index in [4.69, 9.17) is 14.2 Å². The highest BCUT2D eigenvalue weighted by atomic mass is 16.7. The fraction of sp³-hybridized carbons (Fsp3) is 0.310. The molecule has 0 spiro atoms. The quantitative estimate of drug-likeness (QED) is 0.405. The Labute approximate surface area is 211 Å². The fourth-order valence-electron chi connectivity index (χ4n) is 4.92. The van der Waals surface area contributed by atoms with Crippen LogP contribution >= 0.6 is 0 Å². The maximum atomic E-state index is 13.5. The molecule has 36 heavy (non-hydrogen) atoms. The molecule has 0 radical (unpaired) electrons. The van der Waals surface area contributed by atoms with Crippen LogP contribution in [-0.2, 0) is 16.6 Å². The van der Waals surface area contributed by atoms with Gasteiger partial charge in [0.2, 0.25) is 12.7 Å². The van der Waals surface area contributed by atoms with E-state index in [-0.39, 0.29) is 19.7 Å². The van der Waals surface area contributed by atoms with E-state index in [0.29, 0.717) is 29.4 Å². The lowest BCUT2D eigenvalue weighted by Gasteiger charge is -2.19. The molecule has 0 atom stereocenters. The number of methoxy groups -OCH3 is 1. The third-order valence-corrected chi connectivity index (χ3v) is 7.08. The average Bonchev–Trinajstić information content (AvgIpc) is 3.56. The van der Waals surface area contributed by atoms with Crippen molar-refractivity contribution in [1.29, 1.82) is 0 Å². The van der Waals surface area contributed by atoms with Crippen molar-refractivity contribution < 1.29 is 30.3 Å². The molecule has 7 heteroatoms. The van der Waals surface area contributed by atoms with Crippen molar-refractivity contribution in [2.24, 2.45) is 0 Å². The number of carbonyl (C=O) groups is 2. The number of hydrogen-bond donors (Lipinski definition) is 2. The zero-order chi connectivity index (χ0) is 25.4. The standard InChI is InChI=1S/C29H29NO6.H2/c1-4-5-21-23(14-20(34-3)15-24(21)27(31)32)22-13-19(8-6-17(22)2)30-28(33)29(10-11-29)18-7-9-25-26(12-18)36-16-35-25;/h6-9,12-15H,4-5,10-11,16H2,1-3H3,(H,30,33)(H,31,32);1H. The highest BCUT2D eigenvalue weighted by Gasteiger charge is 2.51. The van der Waals surface area contributed by atoms with Crippen LogP contribution < -0.4 is 19.5 Å². The molecule has 1 aliphatic heterocycles. The molecule has 188 valence electrons. The van der Waals surface area contributed by atoms with Crippen LogP contribution in [0.3, 0.4) is 0 Å². The van der Waals surface area contributed by atoms with Gasteiger partial charge in [-0.05, 0) is 90.4 Å². The Morgan fingerprint density at radius 1 is 1.06 bits per heavy atom. The molecular weight excluding hydrogens is 458 g/mol. The van der Waals surface area contributed by atoms with Crippen molar-refractivity contribution >= 4 is 17.6 Å². The van der Waals surface area contributed by atoms with Gasteiger partial charge in [0.1, 0.15) is 5.75 Å². The summed E-state index contributed by atoms with van der Waals surface area (Å²) in [6.45, 7) is 4.19. The molecule has 0 bridgehead atoms. The average molecular weight is 490 g/mol. The number of aromatic carboxylic acids is 1. The number of hydrogen-bond acceptors (Lipinski definition) is 5. The third-order valence-electron chi connectivity index (χ3n) is 7.08. The second-order valence-electron chi connectivity index (χ2n) is 9.39. The van der Waals surface area contributed by atoms with E-state index in [9.17, 15) is 14.7 Å². The highest BCUT2D eigenvalue weighted by molar-refractivity contribution is 6.02. The van der Waals surface area contributed by atoms with Gasteiger partial charge in [-0.3, -0.25) is 4.79 Å². The van der Waals surface area contributed by atoms with Gasteiger partial charge in [0.25, 0.3) is 0 Å². The lowest BCUT2D eigenvalue weighted by Crippen LogP contribution is -2.27. The molecular formula is C29H31NO6. The molecule has 7 nitrogen and oxygen atoms in total. The first-order valence-electron chi connectivity index (χ1n) is 12.1. The first-order valence-corrected chi connectivity index (χ1v) is 12.1. The lowest BCUT2D eigenvalue weighted by molar-refractivity contribution is -0.118. The van der Waals surface area contributed by atoms with Crippen LogP contribution in [0.15, 0.2) is 48.5 Å². The second-order valence-corrected chi connectivity index (χ2v) is 9.39. The van der Waals surface area contributed by atoms with Crippen molar-refractivity contribution in [3.05, 3.63) is 70.8 Å². The van der Waals surface area contributed by atoms with Crippen molar-refractivity contribution in [3.63, 3.8) is 0 Å². The largest absolute Gasteiger partial charge is 0.497 e. The molecule has 1 heterocycles. The molecule has 1 amide bonds. The van der Waals surface area contributed by atoms with Crippen molar-refractivity contribution in [1.82, 2.24) is 0 Å². The summed E-state index contributed by atoms with van der Waals surface area (Å²) in [6, 6.07) is 14.9. The highest BCUT2D eigenvalue weighted by Crippen LogP contribution is 2.51. The molecule has 0 saturated heterocycles. The molecule has 1 fully saturated rings. The Bertz CT molecular complexity index is 1360. The number of rotatable bonds is 8. The summed E-state index contributed by atoms with van der Waals surface area (Å²) >= 11 is 0. The van der Waals surface area contributed by atoms with Crippen LogP contribution in [0.4, 0.5) is 5.69 Å². The topological polar surface area (TPSA) is 94.1 Å². The maximum Gasteiger partial charge on any atom is 0.336 e. The fourth-order valence-corrected chi connectivity index (χ4v) is 4.92. The number of amides is 1. The van der Waals surface area contributed by atoms with E-state index in [2.05, 4.69) is 5.32 Å². The van der Waals surface area contributed by atoms with Gasteiger partial charge < -0.3 is 24.6 Å². The monoisotopic (exact) mass is 489 g/mol. The van der Waals surface area contributed by atoms with Crippen LogP contribution in [0.1, 0.15) is 54.7 Å². The first kappa shape index (κ1) is 23.7. The van der Waals surface area contributed by atoms with E-state index in [0.717, 1.165) is 47.1 Å². The number of benzene rings is 3. The Kier molecular flexibility index (Phi) is 6.08. The van der Waals surface area contributed by atoms with Gasteiger partial charge in [0, 0.05) is 7.11 Å². The number of ether oxygens (including phenoxy) is 3. The van der Waals surface area contributed by atoms with Crippen LogP contribution in [0.2, 0.25) is 0 Å². The van der Waals surface area contributed by atoms with Crippen LogP contribution in [0.25, 0.3) is 11.1 Å². The number of fused-ring (bicyclic) bond motifs is 1. The minimum Gasteiger partial charge on any atom is -0.497 e. The summed E-state index contributed by atoms with van der Waals surface area (Å²) in [7, 11) is 1.53.